The zero-order chi connectivity index (χ0) is 8.69. The Morgan fingerprint density at radius 3 is 2.73 bits per heavy atom. The molecule has 11 heavy (non-hydrogen) atoms. The molecule has 0 N–H and O–H groups in total. The zero-order valence-corrected chi connectivity index (χ0v) is 7.50. The third-order valence-electron chi connectivity index (χ3n) is 1.32. The lowest BCUT2D eigenvalue weighted by molar-refractivity contribution is -0.117. The van der Waals surface area contributed by atoms with E-state index < -0.39 is 0 Å². The van der Waals surface area contributed by atoms with Crippen molar-refractivity contribution in [3.05, 3.63) is 0 Å². The van der Waals surface area contributed by atoms with Gasteiger partial charge < -0.3 is 9.80 Å². The van der Waals surface area contributed by atoms with Gasteiger partial charge >= 0.3 is 0 Å². The molecule has 0 spiro atoms. The SMILES string of the molecule is C/C=N\N(C)CCCC(C)=O. The second-order valence-corrected chi connectivity index (χ2v) is 2.56. The summed E-state index contributed by atoms with van der Waals surface area (Å²) in [7, 11) is 1.90. The van der Waals surface area contributed by atoms with Gasteiger partial charge in [-0.1, -0.05) is 0 Å². The van der Waals surface area contributed by atoms with Crippen LogP contribution < -0.4 is 0 Å². The standard InChI is InChI=1S/C8H16N2O/c1-4-9-10(3)7-5-6-8(2)11/h4H,5-7H2,1-3H3/b9-4-. The van der Waals surface area contributed by atoms with Gasteiger partial charge in [-0.25, -0.2) is 0 Å². The van der Waals surface area contributed by atoms with Crippen LogP contribution in [0.15, 0.2) is 5.10 Å². The van der Waals surface area contributed by atoms with Gasteiger partial charge in [-0.05, 0) is 20.3 Å². The summed E-state index contributed by atoms with van der Waals surface area (Å²) in [5.41, 5.74) is 0. The van der Waals surface area contributed by atoms with Crippen molar-refractivity contribution < 1.29 is 4.79 Å². The van der Waals surface area contributed by atoms with Crippen molar-refractivity contribution in [3.8, 4) is 0 Å². The minimum Gasteiger partial charge on any atom is -0.300 e. The number of rotatable bonds is 5. The first-order chi connectivity index (χ1) is 5.16. The predicted octanol–water partition coefficient (Wildman–Crippen LogP) is 1.29. The molecule has 0 saturated heterocycles. The highest BCUT2D eigenvalue weighted by atomic mass is 16.1. The maximum atomic E-state index is 10.5. The van der Waals surface area contributed by atoms with Crippen LogP contribution in [0.1, 0.15) is 26.7 Å². The van der Waals surface area contributed by atoms with Crippen LogP contribution in [-0.4, -0.2) is 30.6 Å². The quantitative estimate of drug-likeness (QED) is 0.444. The van der Waals surface area contributed by atoms with Crippen LogP contribution in [-0.2, 0) is 4.79 Å². The molecule has 0 aromatic carbocycles. The summed E-state index contributed by atoms with van der Waals surface area (Å²) in [6.45, 7) is 4.34. The summed E-state index contributed by atoms with van der Waals surface area (Å²) in [5, 5.41) is 5.85. The molecule has 0 radical (unpaired) electrons. The molecule has 0 unspecified atom stereocenters. The van der Waals surface area contributed by atoms with Gasteiger partial charge in [0.25, 0.3) is 0 Å². The Hall–Kier alpha value is -0.860. The van der Waals surface area contributed by atoms with Crippen molar-refractivity contribution in [3.63, 3.8) is 0 Å². The van der Waals surface area contributed by atoms with Gasteiger partial charge in [0, 0.05) is 26.2 Å². The molecule has 0 amide bonds. The number of hydrogen-bond acceptors (Lipinski definition) is 3. The van der Waals surface area contributed by atoms with Crippen LogP contribution in [0.4, 0.5) is 0 Å². The number of carbonyl (C=O) groups is 1. The van der Waals surface area contributed by atoms with Crippen molar-refractivity contribution in [2.45, 2.75) is 26.7 Å². The lowest BCUT2D eigenvalue weighted by Gasteiger charge is -2.10. The first-order valence-electron chi connectivity index (χ1n) is 3.86. The van der Waals surface area contributed by atoms with Gasteiger partial charge in [-0.15, -0.1) is 0 Å². The van der Waals surface area contributed by atoms with Gasteiger partial charge in [0.2, 0.25) is 0 Å². The molecular weight excluding hydrogens is 140 g/mol. The average Bonchev–Trinajstić information content (AvgIpc) is 1.87. The lowest BCUT2D eigenvalue weighted by Crippen LogP contribution is -2.13. The molecule has 3 heteroatoms. The predicted molar refractivity (Wildman–Crippen MR) is 46.7 cm³/mol. The average molecular weight is 156 g/mol. The Balaban J connectivity index is 3.31. The molecule has 64 valence electrons. The molecule has 0 aliphatic heterocycles. The number of nitrogens with zero attached hydrogens (tertiary/aromatic N) is 2. The van der Waals surface area contributed by atoms with Crippen LogP contribution in [0.25, 0.3) is 0 Å². The first-order valence-corrected chi connectivity index (χ1v) is 3.86. The molecule has 0 aromatic heterocycles. The van der Waals surface area contributed by atoms with E-state index in [4.69, 9.17) is 0 Å². The van der Waals surface area contributed by atoms with E-state index in [-0.39, 0.29) is 5.78 Å². The van der Waals surface area contributed by atoms with Crippen molar-refractivity contribution in [1.29, 1.82) is 0 Å². The van der Waals surface area contributed by atoms with E-state index in [0.29, 0.717) is 6.42 Å². The van der Waals surface area contributed by atoms with Crippen molar-refractivity contribution in [2.75, 3.05) is 13.6 Å². The Morgan fingerprint density at radius 2 is 2.27 bits per heavy atom. The summed E-state index contributed by atoms with van der Waals surface area (Å²) >= 11 is 0. The van der Waals surface area contributed by atoms with Crippen LogP contribution >= 0.6 is 0 Å². The van der Waals surface area contributed by atoms with Crippen molar-refractivity contribution >= 4 is 12.0 Å². The van der Waals surface area contributed by atoms with Crippen LogP contribution in [0.3, 0.4) is 0 Å². The van der Waals surface area contributed by atoms with E-state index in [2.05, 4.69) is 5.10 Å². The van der Waals surface area contributed by atoms with Gasteiger partial charge in [0.1, 0.15) is 5.78 Å². The summed E-state index contributed by atoms with van der Waals surface area (Å²) in [4.78, 5) is 10.5. The third kappa shape index (κ3) is 7.03. The molecular formula is C8H16N2O. The zero-order valence-electron chi connectivity index (χ0n) is 7.50. The fraction of sp³-hybridized carbons (Fsp3) is 0.750. The first kappa shape index (κ1) is 10.1. The van der Waals surface area contributed by atoms with E-state index in [9.17, 15) is 4.79 Å². The molecule has 0 rings (SSSR count). The van der Waals surface area contributed by atoms with E-state index in [1.807, 2.05) is 19.0 Å². The summed E-state index contributed by atoms with van der Waals surface area (Å²) in [5.74, 6) is 0.249. The van der Waals surface area contributed by atoms with Crippen molar-refractivity contribution in [2.24, 2.45) is 5.10 Å². The van der Waals surface area contributed by atoms with Crippen molar-refractivity contribution in [1.82, 2.24) is 5.01 Å². The fourth-order valence-corrected chi connectivity index (χ4v) is 0.812. The third-order valence-corrected chi connectivity index (χ3v) is 1.32. The topological polar surface area (TPSA) is 32.7 Å². The minimum absolute atomic E-state index is 0.249. The largest absolute Gasteiger partial charge is 0.300 e. The fourth-order valence-electron chi connectivity index (χ4n) is 0.812. The second kappa shape index (κ2) is 5.89. The molecule has 0 aliphatic carbocycles. The monoisotopic (exact) mass is 156 g/mol. The highest BCUT2D eigenvalue weighted by Crippen LogP contribution is 1.93. The van der Waals surface area contributed by atoms with Crippen LogP contribution in [0.5, 0.6) is 0 Å². The highest BCUT2D eigenvalue weighted by molar-refractivity contribution is 5.75. The van der Waals surface area contributed by atoms with Gasteiger partial charge in [0.15, 0.2) is 0 Å². The van der Waals surface area contributed by atoms with Gasteiger partial charge in [-0.2, -0.15) is 5.10 Å². The summed E-state index contributed by atoms with van der Waals surface area (Å²) < 4.78 is 0. The maximum absolute atomic E-state index is 10.5. The molecule has 0 atom stereocenters. The highest BCUT2D eigenvalue weighted by Gasteiger charge is 1.94. The van der Waals surface area contributed by atoms with E-state index in [1.165, 1.54) is 0 Å². The molecule has 0 bridgehead atoms. The smallest absolute Gasteiger partial charge is 0.129 e. The van der Waals surface area contributed by atoms with E-state index in [0.717, 1.165) is 13.0 Å². The minimum atomic E-state index is 0.249. The number of carbonyl (C=O) groups excluding carboxylic acids is 1. The molecule has 0 fully saturated rings. The Morgan fingerprint density at radius 1 is 1.64 bits per heavy atom. The number of Topliss-reactive ketones (excluding diaryl/α,β-unsaturated/α-hetero) is 1. The summed E-state index contributed by atoms with van der Waals surface area (Å²) in [6.07, 6.45) is 3.29. The Kier molecular flexibility index (Phi) is 5.43. The number of hydrogen-bond donors (Lipinski definition) is 0. The Labute approximate surface area is 68.1 Å². The molecule has 0 aromatic rings. The molecule has 3 nitrogen and oxygen atoms in total. The number of ketones is 1. The second-order valence-electron chi connectivity index (χ2n) is 2.56. The maximum Gasteiger partial charge on any atom is 0.129 e. The summed E-state index contributed by atoms with van der Waals surface area (Å²) in [6, 6.07) is 0. The molecule has 0 aliphatic rings. The Bertz CT molecular complexity index is 143. The van der Waals surface area contributed by atoms with Crippen LogP contribution in [0, 0.1) is 0 Å². The van der Waals surface area contributed by atoms with Gasteiger partial charge in [-0.3, -0.25) is 0 Å². The molecule has 0 saturated carbocycles. The van der Waals surface area contributed by atoms with Crippen LogP contribution in [0.2, 0.25) is 0 Å². The molecule has 0 heterocycles. The number of hydrazone groups is 1. The van der Waals surface area contributed by atoms with Gasteiger partial charge in [0.05, 0.1) is 0 Å². The van der Waals surface area contributed by atoms with E-state index in [1.54, 1.807) is 13.1 Å². The normalized spacial score (nSPS) is 10.5. The lowest BCUT2D eigenvalue weighted by atomic mass is 10.2. The van der Waals surface area contributed by atoms with E-state index >= 15 is 0 Å².